The molecule has 3 aromatic rings. The first-order valence-electron chi connectivity index (χ1n) is 9.17. The number of hydrogen-bond acceptors (Lipinski definition) is 4. The van der Waals surface area contributed by atoms with Crippen molar-refractivity contribution in [1.29, 1.82) is 0 Å². The average molecular weight is 406 g/mol. The van der Waals surface area contributed by atoms with Gasteiger partial charge in [-0.2, -0.15) is 0 Å². The molecule has 7 heteroatoms. The minimum atomic E-state index is -3.32. The lowest BCUT2D eigenvalue weighted by molar-refractivity contribution is 0.468. The van der Waals surface area contributed by atoms with Gasteiger partial charge in [-0.1, -0.05) is 32.4 Å². The second kappa shape index (κ2) is 7.60. The number of hydrogen-bond donors (Lipinski definition) is 0. The smallest absolute Gasteiger partial charge is 0.175 e. The highest BCUT2D eigenvalue weighted by atomic mass is 35.5. The molecule has 0 bridgehead atoms. The predicted octanol–water partition coefficient (Wildman–Crippen LogP) is 5.08. The molecule has 1 aromatic carbocycles. The van der Waals surface area contributed by atoms with Gasteiger partial charge >= 0.3 is 0 Å². The van der Waals surface area contributed by atoms with Crippen LogP contribution in [-0.2, 0) is 16.3 Å². The molecule has 0 radical (unpaired) electrons. The maximum Gasteiger partial charge on any atom is 0.175 e. The fraction of sp³-hybridized carbons (Fsp3) is 0.400. The van der Waals surface area contributed by atoms with Gasteiger partial charge in [0.05, 0.1) is 21.1 Å². The number of sulfone groups is 1. The van der Waals surface area contributed by atoms with Crippen molar-refractivity contribution in [2.24, 2.45) is 0 Å². The fourth-order valence-corrected chi connectivity index (χ4v) is 4.48. The van der Waals surface area contributed by atoms with E-state index in [1.165, 1.54) is 12.3 Å². The fourth-order valence-electron chi connectivity index (χ4n) is 3.50. The van der Waals surface area contributed by atoms with E-state index >= 15 is 0 Å². The van der Waals surface area contributed by atoms with E-state index in [0.29, 0.717) is 22.3 Å². The van der Waals surface area contributed by atoms with Crippen molar-refractivity contribution in [2.45, 2.75) is 51.0 Å². The Hall–Kier alpha value is -1.92. The quantitative estimate of drug-likeness (QED) is 0.573. The molecular formula is C20H24ClN3O2S. The zero-order valence-electron chi connectivity index (χ0n) is 16.0. The molecule has 27 heavy (non-hydrogen) atoms. The molecule has 0 amide bonds. The van der Waals surface area contributed by atoms with Crippen molar-refractivity contribution in [2.75, 3.05) is 6.26 Å². The van der Waals surface area contributed by atoms with Crippen LogP contribution in [0.4, 0.5) is 0 Å². The lowest BCUT2D eigenvalue weighted by atomic mass is 10.1. The topological polar surface area (TPSA) is 64.8 Å². The van der Waals surface area contributed by atoms with Crippen LogP contribution in [0.1, 0.15) is 45.5 Å². The molecule has 0 aliphatic rings. The summed E-state index contributed by atoms with van der Waals surface area (Å²) in [6, 6.07) is 7.12. The Morgan fingerprint density at radius 3 is 2.41 bits per heavy atom. The minimum Gasteiger partial charge on any atom is -0.325 e. The zero-order chi connectivity index (χ0) is 19.8. The number of imidazole rings is 1. The van der Waals surface area contributed by atoms with Crippen LogP contribution < -0.4 is 0 Å². The third-order valence-electron chi connectivity index (χ3n) is 4.93. The van der Waals surface area contributed by atoms with E-state index in [1.54, 1.807) is 18.3 Å². The van der Waals surface area contributed by atoms with Crippen molar-refractivity contribution >= 4 is 32.5 Å². The van der Waals surface area contributed by atoms with Crippen LogP contribution in [0, 0.1) is 0 Å². The summed E-state index contributed by atoms with van der Waals surface area (Å²) < 4.78 is 25.9. The van der Waals surface area contributed by atoms with Crippen LogP contribution in [0.15, 0.2) is 35.4 Å². The first kappa shape index (κ1) is 19.8. The highest BCUT2D eigenvalue weighted by molar-refractivity contribution is 7.90. The molecule has 5 nitrogen and oxygen atoms in total. The van der Waals surface area contributed by atoms with E-state index in [0.717, 1.165) is 36.1 Å². The third-order valence-corrected chi connectivity index (χ3v) is 6.35. The molecule has 0 atom stereocenters. The number of benzene rings is 1. The molecule has 2 heterocycles. The first-order valence-corrected chi connectivity index (χ1v) is 11.4. The van der Waals surface area contributed by atoms with Gasteiger partial charge in [-0.25, -0.2) is 13.4 Å². The summed E-state index contributed by atoms with van der Waals surface area (Å²) in [6.45, 7) is 6.46. The summed E-state index contributed by atoms with van der Waals surface area (Å²) in [6.07, 6.45) is 5.80. The highest BCUT2D eigenvalue weighted by Gasteiger charge is 2.20. The number of fused-ring (bicyclic) bond motifs is 1. The number of aryl methyl sites for hydroxylation is 1. The normalized spacial score (nSPS) is 12.2. The van der Waals surface area contributed by atoms with E-state index in [9.17, 15) is 8.42 Å². The number of halogens is 1. The van der Waals surface area contributed by atoms with E-state index in [4.69, 9.17) is 16.6 Å². The number of rotatable bonds is 6. The van der Waals surface area contributed by atoms with E-state index in [-0.39, 0.29) is 4.90 Å². The number of aromatic nitrogens is 3. The van der Waals surface area contributed by atoms with Crippen LogP contribution in [-0.4, -0.2) is 29.2 Å². The van der Waals surface area contributed by atoms with Gasteiger partial charge in [0, 0.05) is 30.5 Å². The Morgan fingerprint density at radius 2 is 1.85 bits per heavy atom. The Labute approximate surface area is 165 Å². The summed E-state index contributed by atoms with van der Waals surface area (Å²) in [4.78, 5) is 9.57. The van der Waals surface area contributed by atoms with Gasteiger partial charge in [-0.3, -0.25) is 4.98 Å². The molecule has 2 aromatic heterocycles. The molecule has 0 aliphatic heterocycles. The molecule has 3 rings (SSSR count). The highest BCUT2D eigenvalue weighted by Crippen LogP contribution is 2.35. The molecule has 0 saturated carbocycles. The maximum absolute atomic E-state index is 11.8. The third kappa shape index (κ3) is 3.60. The zero-order valence-corrected chi connectivity index (χ0v) is 17.6. The van der Waals surface area contributed by atoms with Gasteiger partial charge in [0.15, 0.2) is 9.84 Å². The summed E-state index contributed by atoms with van der Waals surface area (Å²) in [5.74, 6) is 1.02. The molecule has 0 N–H and O–H groups in total. The Balaban J connectivity index is 2.25. The molecule has 144 valence electrons. The van der Waals surface area contributed by atoms with Crippen LogP contribution in [0.5, 0.6) is 0 Å². The van der Waals surface area contributed by atoms with Crippen molar-refractivity contribution in [3.05, 3.63) is 41.3 Å². The maximum atomic E-state index is 11.8. The van der Waals surface area contributed by atoms with Crippen molar-refractivity contribution in [3.63, 3.8) is 0 Å². The lowest BCUT2D eigenvalue weighted by Crippen LogP contribution is -2.10. The van der Waals surface area contributed by atoms with Crippen LogP contribution in [0.2, 0.25) is 5.02 Å². The largest absolute Gasteiger partial charge is 0.325 e. The first-order chi connectivity index (χ1) is 12.8. The van der Waals surface area contributed by atoms with Crippen LogP contribution in [0.25, 0.3) is 22.3 Å². The number of pyridine rings is 1. The van der Waals surface area contributed by atoms with Crippen molar-refractivity contribution in [1.82, 2.24) is 14.5 Å². The van der Waals surface area contributed by atoms with Gasteiger partial charge in [-0.15, -0.1) is 0 Å². The van der Waals surface area contributed by atoms with Crippen molar-refractivity contribution < 1.29 is 8.42 Å². The molecule has 0 spiro atoms. The molecule has 0 fully saturated rings. The summed E-state index contributed by atoms with van der Waals surface area (Å²) >= 11 is 6.43. The average Bonchev–Trinajstić information content (AvgIpc) is 3.01. The minimum absolute atomic E-state index is 0.195. The predicted molar refractivity (Wildman–Crippen MR) is 110 cm³/mol. The van der Waals surface area contributed by atoms with E-state index < -0.39 is 9.84 Å². The van der Waals surface area contributed by atoms with Crippen LogP contribution in [0.3, 0.4) is 0 Å². The van der Waals surface area contributed by atoms with Crippen LogP contribution >= 0.6 is 11.6 Å². The van der Waals surface area contributed by atoms with E-state index in [1.807, 2.05) is 6.07 Å². The second-order valence-electron chi connectivity index (χ2n) is 6.66. The molecule has 0 unspecified atom stereocenters. The molecular weight excluding hydrogens is 382 g/mol. The van der Waals surface area contributed by atoms with Gasteiger partial charge in [0.25, 0.3) is 0 Å². The van der Waals surface area contributed by atoms with Gasteiger partial charge < -0.3 is 4.57 Å². The van der Waals surface area contributed by atoms with Gasteiger partial charge in [-0.05, 0) is 37.1 Å². The van der Waals surface area contributed by atoms with Gasteiger partial charge in [0.1, 0.15) is 11.3 Å². The molecule has 0 saturated heterocycles. The van der Waals surface area contributed by atoms with Gasteiger partial charge in [0.2, 0.25) is 0 Å². The van der Waals surface area contributed by atoms with E-state index in [2.05, 4.69) is 30.3 Å². The number of nitrogens with zero attached hydrogens (tertiary/aromatic N) is 3. The summed E-state index contributed by atoms with van der Waals surface area (Å²) in [5, 5.41) is 0.355. The Bertz CT molecular complexity index is 1090. The lowest BCUT2D eigenvalue weighted by Gasteiger charge is -2.18. The summed E-state index contributed by atoms with van der Waals surface area (Å²) in [5.41, 5.74) is 3.20. The molecule has 0 aliphatic carbocycles. The Morgan fingerprint density at radius 1 is 1.15 bits per heavy atom. The van der Waals surface area contributed by atoms with Crippen molar-refractivity contribution in [3.8, 4) is 11.3 Å². The standard InChI is InChI=1S/C20H24ClN3O2S/c1-5-13(6-2)24-17-10-11-22-19(20(17)23-18(24)7-3)15-9-8-14(12-16(15)21)27(4,25)26/h8-13H,5-7H2,1-4H3. The Kier molecular flexibility index (Phi) is 5.58. The SMILES string of the molecule is CCc1nc2c(-c3ccc(S(C)(=O)=O)cc3Cl)nccc2n1C(CC)CC. The second-order valence-corrected chi connectivity index (χ2v) is 9.09. The summed E-state index contributed by atoms with van der Waals surface area (Å²) in [7, 11) is -3.32. The monoisotopic (exact) mass is 405 g/mol.